The molecule has 0 bridgehead atoms. The van der Waals surface area contributed by atoms with E-state index >= 15 is 0 Å². The second-order valence-corrected chi connectivity index (χ2v) is 5.04. The van der Waals surface area contributed by atoms with E-state index in [-0.39, 0.29) is 6.04 Å². The summed E-state index contributed by atoms with van der Waals surface area (Å²) >= 11 is 0. The number of fused-ring (bicyclic) bond motifs is 1. The number of aromatic nitrogens is 2. The molecule has 0 saturated heterocycles. The molecule has 20 heavy (non-hydrogen) atoms. The Kier molecular flexibility index (Phi) is 3.26. The van der Waals surface area contributed by atoms with Gasteiger partial charge in [-0.15, -0.1) is 0 Å². The van der Waals surface area contributed by atoms with Gasteiger partial charge in [-0.25, -0.2) is 5.43 Å². The highest BCUT2D eigenvalue weighted by molar-refractivity contribution is 5.83. The molecule has 1 heterocycles. The van der Waals surface area contributed by atoms with Gasteiger partial charge in [0.1, 0.15) is 0 Å². The number of nitrogens with two attached hydrogens (primary N) is 1. The van der Waals surface area contributed by atoms with E-state index in [1.165, 1.54) is 10.8 Å². The molecule has 1 atom stereocenters. The van der Waals surface area contributed by atoms with E-state index in [2.05, 4.69) is 46.9 Å². The van der Waals surface area contributed by atoms with Crippen LogP contribution in [-0.4, -0.2) is 9.78 Å². The van der Waals surface area contributed by atoms with E-state index in [1.54, 1.807) is 0 Å². The molecule has 0 radical (unpaired) electrons. The molecule has 0 amide bonds. The van der Waals surface area contributed by atoms with Gasteiger partial charge < -0.3 is 0 Å². The Hall–Kier alpha value is -2.17. The zero-order valence-electron chi connectivity index (χ0n) is 11.7. The second kappa shape index (κ2) is 5.07. The monoisotopic (exact) mass is 266 g/mol. The van der Waals surface area contributed by atoms with Gasteiger partial charge in [0.15, 0.2) is 0 Å². The van der Waals surface area contributed by atoms with Gasteiger partial charge in [0.2, 0.25) is 0 Å². The third-order valence-electron chi connectivity index (χ3n) is 3.70. The summed E-state index contributed by atoms with van der Waals surface area (Å²) in [6.07, 6.45) is 0. The summed E-state index contributed by atoms with van der Waals surface area (Å²) in [4.78, 5) is 0. The molecule has 4 heteroatoms. The van der Waals surface area contributed by atoms with Crippen molar-refractivity contribution in [2.45, 2.75) is 13.0 Å². The van der Waals surface area contributed by atoms with Crippen molar-refractivity contribution in [1.29, 1.82) is 0 Å². The summed E-state index contributed by atoms with van der Waals surface area (Å²) in [5.74, 6) is 5.74. The molecule has 4 nitrogen and oxygen atoms in total. The number of rotatable bonds is 3. The first-order chi connectivity index (χ1) is 9.69. The Morgan fingerprint density at radius 2 is 1.85 bits per heavy atom. The average Bonchev–Trinajstić information content (AvgIpc) is 2.79. The maximum atomic E-state index is 5.74. The SMILES string of the molecule is Cc1cc(C(NN)c2ccc3ccccc3c2)nn1C. The minimum absolute atomic E-state index is 0.0977. The molecule has 0 spiro atoms. The molecule has 3 rings (SSSR count). The van der Waals surface area contributed by atoms with E-state index in [0.29, 0.717) is 0 Å². The maximum absolute atomic E-state index is 5.74. The van der Waals surface area contributed by atoms with Crippen molar-refractivity contribution < 1.29 is 0 Å². The quantitative estimate of drug-likeness (QED) is 0.565. The standard InChI is InChI=1S/C16H18N4/c1-11-9-15(19-20(11)2)16(18-17)14-8-7-12-5-3-4-6-13(12)10-14/h3-10,16,18H,17H2,1-2H3. The van der Waals surface area contributed by atoms with Crippen molar-refractivity contribution in [2.24, 2.45) is 12.9 Å². The molecule has 0 aliphatic rings. The molecule has 3 aromatic rings. The lowest BCUT2D eigenvalue weighted by Crippen LogP contribution is -2.29. The van der Waals surface area contributed by atoms with Gasteiger partial charge in [0, 0.05) is 12.7 Å². The van der Waals surface area contributed by atoms with Crippen molar-refractivity contribution in [1.82, 2.24) is 15.2 Å². The zero-order chi connectivity index (χ0) is 14.1. The fraction of sp³-hybridized carbons (Fsp3) is 0.188. The maximum Gasteiger partial charge on any atom is 0.0900 e. The minimum Gasteiger partial charge on any atom is -0.273 e. The van der Waals surface area contributed by atoms with Gasteiger partial charge in [-0.05, 0) is 35.4 Å². The number of aryl methyl sites for hydroxylation is 2. The van der Waals surface area contributed by atoms with E-state index in [1.807, 2.05) is 30.8 Å². The molecule has 0 aliphatic carbocycles. The molecular formula is C16H18N4. The molecule has 2 aromatic carbocycles. The Labute approximate surface area is 118 Å². The first-order valence-electron chi connectivity index (χ1n) is 6.64. The normalized spacial score (nSPS) is 12.8. The van der Waals surface area contributed by atoms with Crippen molar-refractivity contribution in [3.05, 3.63) is 65.5 Å². The van der Waals surface area contributed by atoms with Gasteiger partial charge in [-0.1, -0.05) is 36.4 Å². The predicted molar refractivity (Wildman–Crippen MR) is 81.1 cm³/mol. The molecule has 0 aliphatic heterocycles. The van der Waals surface area contributed by atoms with Crippen LogP contribution in [0.5, 0.6) is 0 Å². The molecule has 0 fully saturated rings. The van der Waals surface area contributed by atoms with Crippen LogP contribution in [0.4, 0.5) is 0 Å². The van der Waals surface area contributed by atoms with Gasteiger partial charge in [0.25, 0.3) is 0 Å². The summed E-state index contributed by atoms with van der Waals surface area (Å²) in [6.45, 7) is 2.03. The van der Waals surface area contributed by atoms with E-state index in [0.717, 1.165) is 17.0 Å². The van der Waals surface area contributed by atoms with Gasteiger partial charge in [-0.2, -0.15) is 5.10 Å². The fourth-order valence-corrected chi connectivity index (χ4v) is 2.47. The number of hydrazine groups is 1. The predicted octanol–water partition coefficient (Wildman–Crippen LogP) is 2.43. The third kappa shape index (κ3) is 2.19. The van der Waals surface area contributed by atoms with Crippen LogP contribution in [0.1, 0.15) is 23.0 Å². The summed E-state index contributed by atoms with van der Waals surface area (Å²) in [5, 5.41) is 6.94. The summed E-state index contributed by atoms with van der Waals surface area (Å²) in [6, 6.07) is 16.6. The van der Waals surface area contributed by atoms with E-state index in [4.69, 9.17) is 5.84 Å². The van der Waals surface area contributed by atoms with E-state index < -0.39 is 0 Å². The van der Waals surface area contributed by atoms with E-state index in [9.17, 15) is 0 Å². The second-order valence-electron chi connectivity index (χ2n) is 5.04. The lowest BCUT2D eigenvalue weighted by atomic mass is 10.00. The average molecular weight is 266 g/mol. The van der Waals surface area contributed by atoms with Crippen LogP contribution in [0.3, 0.4) is 0 Å². The van der Waals surface area contributed by atoms with Crippen LogP contribution in [-0.2, 0) is 7.05 Å². The number of benzene rings is 2. The molecule has 0 saturated carbocycles. The largest absolute Gasteiger partial charge is 0.273 e. The molecule has 102 valence electrons. The van der Waals surface area contributed by atoms with Crippen LogP contribution in [0.15, 0.2) is 48.5 Å². The number of hydrogen-bond acceptors (Lipinski definition) is 3. The van der Waals surface area contributed by atoms with Crippen molar-refractivity contribution in [3.63, 3.8) is 0 Å². The third-order valence-corrected chi connectivity index (χ3v) is 3.70. The van der Waals surface area contributed by atoms with Crippen LogP contribution in [0.2, 0.25) is 0 Å². The summed E-state index contributed by atoms with van der Waals surface area (Å²) in [5.41, 5.74) is 6.02. The zero-order valence-corrected chi connectivity index (χ0v) is 11.7. The molecule has 3 N–H and O–H groups in total. The Balaban J connectivity index is 2.06. The highest BCUT2D eigenvalue weighted by Crippen LogP contribution is 2.24. The first-order valence-corrected chi connectivity index (χ1v) is 6.64. The van der Waals surface area contributed by atoms with Crippen molar-refractivity contribution >= 4 is 10.8 Å². The first kappa shape index (κ1) is 12.8. The molecular weight excluding hydrogens is 248 g/mol. The lowest BCUT2D eigenvalue weighted by Gasteiger charge is -2.14. The summed E-state index contributed by atoms with van der Waals surface area (Å²) < 4.78 is 1.86. The van der Waals surface area contributed by atoms with Crippen LogP contribution < -0.4 is 11.3 Å². The topological polar surface area (TPSA) is 55.9 Å². The smallest absolute Gasteiger partial charge is 0.0900 e. The molecule has 1 aromatic heterocycles. The molecule has 1 unspecified atom stereocenters. The van der Waals surface area contributed by atoms with Crippen molar-refractivity contribution in [2.75, 3.05) is 0 Å². The number of hydrogen-bond donors (Lipinski definition) is 2. The lowest BCUT2D eigenvalue weighted by molar-refractivity contribution is 0.602. The van der Waals surface area contributed by atoms with Gasteiger partial charge >= 0.3 is 0 Å². The Morgan fingerprint density at radius 3 is 2.50 bits per heavy atom. The van der Waals surface area contributed by atoms with Gasteiger partial charge in [0.05, 0.1) is 11.7 Å². The van der Waals surface area contributed by atoms with Crippen molar-refractivity contribution in [3.8, 4) is 0 Å². The number of nitrogens with one attached hydrogen (secondary N) is 1. The van der Waals surface area contributed by atoms with Gasteiger partial charge in [-0.3, -0.25) is 10.5 Å². The Bertz CT molecular complexity index is 726. The van der Waals surface area contributed by atoms with Crippen LogP contribution in [0.25, 0.3) is 10.8 Å². The minimum atomic E-state index is -0.0977. The number of nitrogens with zero attached hydrogens (tertiary/aromatic N) is 2. The Morgan fingerprint density at radius 1 is 1.10 bits per heavy atom. The fourth-order valence-electron chi connectivity index (χ4n) is 2.47. The highest BCUT2D eigenvalue weighted by Gasteiger charge is 2.16. The van der Waals surface area contributed by atoms with Crippen LogP contribution >= 0.6 is 0 Å². The highest BCUT2D eigenvalue weighted by atomic mass is 15.3. The van der Waals surface area contributed by atoms with Crippen LogP contribution in [0, 0.1) is 6.92 Å². The summed E-state index contributed by atoms with van der Waals surface area (Å²) in [7, 11) is 1.94.